The molecular formula is C51H63ClF3N9O6S3. The Kier molecular flexibility index (Phi) is 19.6. The molecule has 4 aromatic rings. The standard InChI is InChI=1S/C51H63ClF3N9O6S3/c1-50(37-57-22-5-6-23-58-61-56)21-19-46(38-9-13-41(52)14-10-38)40(34-50)35-63-25-27-64(28-26-63)43-15-11-39(12-16-43)49(65)60-73(68,69)45-17-18-47(48(33-45)72(66,67)51(53,54)55)59-42(20-24-62-29-31-70-32-30-62)36-71-44-7-3-2-4-8-44/h2-4,7-18,33,42,57,59H,5-6,19-32,34-37H2,1H3,(H,60,65)/t42-,50?/m1/s1. The van der Waals surface area contributed by atoms with Crippen LogP contribution in [0.5, 0.6) is 0 Å². The molecule has 2 atom stereocenters. The average molecular weight is 1090 g/mol. The number of thioether (sulfide) groups is 1. The number of carbonyl (C=O) groups excluding carboxylic acids is 1. The quantitative estimate of drug-likeness (QED) is 0.0210. The highest BCUT2D eigenvalue weighted by Gasteiger charge is 2.48. The highest BCUT2D eigenvalue weighted by molar-refractivity contribution is 7.99. The van der Waals surface area contributed by atoms with Gasteiger partial charge in [-0.2, -0.15) is 13.2 Å². The van der Waals surface area contributed by atoms with E-state index in [1.807, 2.05) is 47.2 Å². The fraction of sp³-hybridized carbons (Fsp3) is 0.471. The van der Waals surface area contributed by atoms with Crippen molar-refractivity contribution in [2.45, 2.75) is 71.7 Å². The number of allylic oxidation sites excluding steroid dienone is 1. The molecule has 73 heavy (non-hydrogen) atoms. The van der Waals surface area contributed by atoms with Gasteiger partial charge >= 0.3 is 5.51 Å². The molecule has 0 saturated carbocycles. The van der Waals surface area contributed by atoms with Crippen LogP contribution >= 0.6 is 23.4 Å². The molecule has 2 aliphatic heterocycles. The molecule has 15 nitrogen and oxygen atoms in total. The SMILES string of the molecule is CC1(CNCCCCN=[N+]=[N-])CCC(c2ccc(Cl)cc2)=C(CN2CCN(c3ccc(C(=O)NS(=O)(=O)c4ccc(N[C@H](CCN5CCOCC5)CSc5ccccc5)c(S(=O)(=O)C(F)(F)F)c4)cc3)CC2)C1. The summed E-state index contributed by atoms with van der Waals surface area (Å²) < 4.78 is 104. The number of piperazine rings is 1. The van der Waals surface area contributed by atoms with E-state index in [0.29, 0.717) is 75.7 Å². The van der Waals surface area contributed by atoms with Gasteiger partial charge in [-0.15, -0.1) is 11.8 Å². The van der Waals surface area contributed by atoms with E-state index >= 15 is 0 Å². The van der Waals surface area contributed by atoms with Gasteiger partial charge in [0.25, 0.3) is 25.8 Å². The number of azide groups is 1. The lowest BCUT2D eigenvalue weighted by atomic mass is 9.71. The maximum Gasteiger partial charge on any atom is 0.501 e. The summed E-state index contributed by atoms with van der Waals surface area (Å²) in [6, 6.07) is 25.7. The zero-order chi connectivity index (χ0) is 52.1. The molecule has 22 heteroatoms. The summed E-state index contributed by atoms with van der Waals surface area (Å²) in [5, 5.41) is 11.0. The van der Waals surface area contributed by atoms with E-state index in [9.17, 15) is 34.8 Å². The van der Waals surface area contributed by atoms with Gasteiger partial charge in [-0.3, -0.25) is 14.6 Å². The first-order valence-corrected chi connectivity index (χ1v) is 28.8. The lowest BCUT2D eigenvalue weighted by molar-refractivity contribution is -0.0435. The van der Waals surface area contributed by atoms with E-state index in [1.54, 1.807) is 12.1 Å². The van der Waals surface area contributed by atoms with Gasteiger partial charge in [-0.05, 0) is 134 Å². The molecule has 3 N–H and O–H groups in total. The van der Waals surface area contributed by atoms with Gasteiger partial charge in [-0.25, -0.2) is 21.6 Å². The van der Waals surface area contributed by atoms with Crippen LogP contribution in [0.4, 0.5) is 24.5 Å². The minimum atomic E-state index is -6.07. The molecule has 2 heterocycles. The van der Waals surface area contributed by atoms with Crippen molar-refractivity contribution in [3.63, 3.8) is 0 Å². The molecule has 2 saturated heterocycles. The summed E-state index contributed by atoms with van der Waals surface area (Å²) in [6.07, 6.45) is 5.14. The largest absolute Gasteiger partial charge is 0.501 e. The molecule has 0 aromatic heterocycles. The van der Waals surface area contributed by atoms with Gasteiger partial charge in [0, 0.05) is 103 Å². The molecule has 0 radical (unpaired) electrons. The van der Waals surface area contributed by atoms with E-state index < -0.39 is 52.8 Å². The second kappa shape index (κ2) is 25.6. The number of hydrogen-bond acceptors (Lipinski definition) is 13. The number of anilines is 2. The van der Waals surface area contributed by atoms with Gasteiger partial charge in [0.1, 0.15) is 4.90 Å². The number of sulfonamides is 1. The van der Waals surface area contributed by atoms with Crippen LogP contribution in [0.3, 0.4) is 0 Å². The van der Waals surface area contributed by atoms with Crippen LogP contribution in [-0.2, 0) is 24.6 Å². The molecule has 394 valence electrons. The Balaban J connectivity index is 0.992. The number of halogens is 4. The predicted molar refractivity (Wildman–Crippen MR) is 282 cm³/mol. The Hall–Kier alpha value is -4.83. The molecule has 1 aliphatic carbocycles. The summed E-state index contributed by atoms with van der Waals surface area (Å²) in [6.45, 7) is 11.3. The smallest absolute Gasteiger partial charge is 0.380 e. The molecule has 7 rings (SSSR count). The fourth-order valence-electron chi connectivity index (χ4n) is 9.41. The van der Waals surface area contributed by atoms with Gasteiger partial charge in [0.15, 0.2) is 0 Å². The molecule has 1 amide bonds. The number of hydrogen-bond donors (Lipinski definition) is 3. The van der Waals surface area contributed by atoms with Crippen LogP contribution in [0.2, 0.25) is 5.02 Å². The lowest BCUT2D eigenvalue weighted by Gasteiger charge is -2.41. The lowest BCUT2D eigenvalue weighted by Crippen LogP contribution is -2.47. The minimum absolute atomic E-state index is 0.0175. The number of alkyl halides is 3. The summed E-state index contributed by atoms with van der Waals surface area (Å²) in [5.74, 6) is -0.677. The number of ether oxygens (including phenoxy) is 1. The van der Waals surface area contributed by atoms with E-state index in [1.165, 1.54) is 40.6 Å². The second-order valence-electron chi connectivity index (χ2n) is 19.0. The summed E-state index contributed by atoms with van der Waals surface area (Å²) in [7, 11) is -10.9. The van der Waals surface area contributed by atoms with Crippen molar-refractivity contribution >= 4 is 66.1 Å². The van der Waals surface area contributed by atoms with Crippen LogP contribution in [0, 0.1) is 5.41 Å². The summed E-state index contributed by atoms with van der Waals surface area (Å²) >= 11 is 7.71. The maximum atomic E-state index is 14.2. The number of nitrogens with zero attached hydrogens (tertiary/aromatic N) is 6. The van der Waals surface area contributed by atoms with Crippen molar-refractivity contribution in [2.75, 3.05) is 101 Å². The fourth-order valence-corrected chi connectivity index (χ4v) is 12.6. The average Bonchev–Trinajstić information content (AvgIpc) is 3.37. The Labute approximate surface area is 435 Å². The van der Waals surface area contributed by atoms with Crippen molar-refractivity contribution in [2.24, 2.45) is 10.5 Å². The number of carbonyl (C=O) groups is 1. The third-order valence-corrected chi connectivity index (χ3v) is 17.8. The van der Waals surface area contributed by atoms with E-state index in [0.717, 1.165) is 87.5 Å². The molecular weight excluding hydrogens is 1020 g/mol. The highest BCUT2D eigenvalue weighted by Crippen LogP contribution is 2.43. The van der Waals surface area contributed by atoms with E-state index in [4.69, 9.17) is 21.9 Å². The van der Waals surface area contributed by atoms with Crippen LogP contribution in [-0.4, -0.2) is 135 Å². The number of benzene rings is 4. The highest BCUT2D eigenvalue weighted by atomic mass is 35.5. The van der Waals surface area contributed by atoms with Crippen molar-refractivity contribution in [1.29, 1.82) is 0 Å². The van der Waals surface area contributed by atoms with Crippen LogP contribution in [0.25, 0.3) is 16.0 Å². The Morgan fingerprint density at radius 2 is 1.63 bits per heavy atom. The number of unbranched alkanes of at least 4 members (excludes halogenated alkanes) is 1. The number of nitrogens with one attached hydrogen (secondary N) is 3. The second-order valence-corrected chi connectivity index (χ2v) is 24.1. The van der Waals surface area contributed by atoms with Crippen molar-refractivity contribution < 1.29 is 39.5 Å². The summed E-state index contributed by atoms with van der Waals surface area (Å²) in [5.41, 5.74) is 7.21. The molecule has 1 unspecified atom stereocenters. The predicted octanol–water partition coefficient (Wildman–Crippen LogP) is 9.49. The van der Waals surface area contributed by atoms with Crippen molar-refractivity contribution in [1.82, 2.24) is 19.8 Å². The normalized spacial score (nSPS) is 18.8. The van der Waals surface area contributed by atoms with E-state index in [-0.39, 0.29) is 11.0 Å². The number of morpholine rings is 1. The molecule has 2 fully saturated rings. The van der Waals surface area contributed by atoms with Crippen LogP contribution in [0.1, 0.15) is 61.4 Å². The monoisotopic (exact) mass is 1090 g/mol. The zero-order valence-electron chi connectivity index (χ0n) is 40.8. The molecule has 0 spiro atoms. The van der Waals surface area contributed by atoms with Crippen molar-refractivity contribution in [3.05, 3.63) is 129 Å². The third-order valence-electron chi connectivity index (χ3n) is 13.5. The number of amides is 1. The van der Waals surface area contributed by atoms with Crippen LogP contribution < -0.4 is 20.3 Å². The first kappa shape index (κ1) is 55.9. The molecule has 0 bridgehead atoms. The molecule has 3 aliphatic rings. The zero-order valence-corrected chi connectivity index (χ0v) is 44.0. The van der Waals surface area contributed by atoms with Crippen molar-refractivity contribution in [3.8, 4) is 0 Å². The number of rotatable bonds is 23. The van der Waals surface area contributed by atoms with Gasteiger partial charge in [0.05, 0.1) is 23.8 Å². The minimum Gasteiger partial charge on any atom is -0.380 e. The summed E-state index contributed by atoms with van der Waals surface area (Å²) in [4.78, 5) is 21.9. The topological polar surface area (TPSA) is 189 Å². The first-order chi connectivity index (χ1) is 34.9. The van der Waals surface area contributed by atoms with Crippen LogP contribution in [0.15, 0.2) is 122 Å². The molecule has 4 aromatic carbocycles. The Morgan fingerprint density at radius 3 is 2.32 bits per heavy atom. The number of sulfone groups is 1. The van der Waals surface area contributed by atoms with Gasteiger partial charge in [0.2, 0.25) is 0 Å². The third kappa shape index (κ3) is 15.6. The Bertz CT molecular complexity index is 2790. The Morgan fingerprint density at radius 1 is 0.918 bits per heavy atom. The van der Waals surface area contributed by atoms with E-state index in [2.05, 4.69) is 54.4 Å². The van der Waals surface area contributed by atoms with Gasteiger partial charge in [-0.1, -0.05) is 59.5 Å². The first-order valence-electron chi connectivity index (χ1n) is 24.5. The maximum absolute atomic E-state index is 14.2. The van der Waals surface area contributed by atoms with Gasteiger partial charge < -0.3 is 20.3 Å².